The van der Waals surface area contributed by atoms with Gasteiger partial charge >= 0.3 is 0 Å². The van der Waals surface area contributed by atoms with Gasteiger partial charge in [0.05, 0.1) is 7.11 Å². The Morgan fingerprint density at radius 1 is 1.19 bits per heavy atom. The fourth-order valence-corrected chi connectivity index (χ4v) is 3.59. The lowest BCUT2D eigenvalue weighted by Crippen LogP contribution is -2.36. The average Bonchev–Trinajstić information content (AvgIpc) is 3.03. The molecule has 0 spiro atoms. The lowest BCUT2D eigenvalue weighted by Gasteiger charge is -2.25. The second-order valence-electron chi connectivity index (χ2n) is 6.97. The van der Waals surface area contributed by atoms with Crippen molar-refractivity contribution in [3.63, 3.8) is 0 Å². The van der Waals surface area contributed by atoms with Crippen molar-refractivity contribution in [1.82, 2.24) is 10.2 Å². The highest BCUT2D eigenvalue weighted by Crippen LogP contribution is 2.22. The maximum absolute atomic E-state index is 13.2. The summed E-state index contributed by atoms with van der Waals surface area (Å²) in [6, 6.07) is 14.9. The van der Waals surface area contributed by atoms with Crippen LogP contribution in [0.2, 0.25) is 0 Å². The van der Waals surface area contributed by atoms with Crippen LogP contribution >= 0.6 is 0 Å². The predicted molar refractivity (Wildman–Crippen MR) is 104 cm³/mol. The van der Waals surface area contributed by atoms with Gasteiger partial charge in [-0.1, -0.05) is 24.3 Å². The minimum Gasteiger partial charge on any atom is -0.497 e. The lowest BCUT2D eigenvalue weighted by atomic mass is 10.1. The lowest BCUT2D eigenvalue weighted by molar-refractivity contribution is -0.129. The Balaban J connectivity index is 1.44. The summed E-state index contributed by atoms with van der Waals surface area (Å²) in [7, 11) is 1.66. The van der Waals surface area contributed by atoms with Gasteiger partial charge in [-0.05, 0) is 61.2 Å². The summed E-state index contributed by atoms with van der Waals surface area (Å²) in [6.45, 7) is 2.21. The van der Waals surface area contributed by atoms with E-state index in [1.54, 1.807) is 19.2 Å². The molecule has 1 N–H and O–H groups in total. The van der Waals surface area contributed by atoms with Crippen molar-refractivity contribution in [2.24, 2.45) is 0 Å². The monoisotopic (exact) mass is 370 g/mol. The number of rotatable bonds is 9. The predicted octanol–water partition coefficient (Wildman–Crippen LogP) is 3.55. The third-order valence-electron chi connectivity index (χ3n) is 5.13. The second kappa shape index (κ2) is 9.51. The van der Waals surface area contributed by atoms with Crippen molar-refractivity contribution in [3.05, 3.63) is 65.5 Å². The van der Waals surface area contributed by atoms with Crippen molar-refractivity contribution < 1.29 is 13.9 Å². The van der Waals surface area contributed by atoms with E-state index in [0.717, 1.165) is 43.7 Å². The number of hydrogen-bond acceptors (Lipinski definition) is 3. The van der Waals surface area contributed by atoms with E-state index < -0.39 is 0 Å². The van der Waals surface area contributed by atoms with Crippen molar-refractivity contribution in [1.29, 1.82) is 0 Å². The molecular formula is C22H27FN2O2. The standard InChI is InChI=1S/C22H27FN2O2/c1-27-21-8-5-17(6-9-21)12-14-25-20(7-10-22(25)26)11-13-24-16-18-3-2-4-19(23)15-18/h2-6,8-9,15,20,24H,7,10-14,16H2,1H3. The van der Waals surface area contributed by atoms with Crippen LogP contribution < -0.4 is 10.1 Å². The van der Waals surface area contributed by atoms with Crippen LogP contribution in [-0.2, 0) is 17.8 Å². The number of benzene rings is 2. The van der Waals surface area contributed by atoms with Crippen LogP contribution in [0.5, 0.6) is 5.75 Å². The summed E-state index contributed by atoms with van der Waals surface area (Å²) in [5.74, 6) is 0.886. The number of likely N-dealkylation sites (tertiary alicyclic amines) is 1. The van der Waals surface area contributed by atoms with Gasteiger partial charge in [-0.3, -0.25) is 4.79 Å². The van der Waals surface area contributed by atoms with Crippen molar-refractivity contribution >= 4 is 5.91 Å². The normalized spacial score (nSPS) is 16.7. The molecule has 144 valence electrons. The fraction of sp³-hybridized carbons (Fsp3) is 0.409. The molecule has 2 aromatic carbocycles. The molecule has 1 unspecified atom stereocenters. The zero-order chi connectivity index (χ0) is 19.1. The molecule has 0 bridgehead atoms. The molecule has 1 saturated heterocycles. The van der Waals surface area contributed by atoms with E-state index in [9.17, 15) is 9.18 Å². The summed E-state index contributed by atoms with van der Waals surface area (Å²) in [4.78, 5) is 14.3. The Labute approximate surface area is 160 Å². The number of ether oxygens (including phenoxy) is 1. The molecule has 0 radical (unpaired) electrons. The van der Waals surface area contributed by atoms with Crippen LogP contribution in [0.3, 0.4) is 0 Å². The molecule has 1 aliphatic rings. The summed E-state index contributed by atoms with van der Waals surface area (Å²) in [5, 5.41) is 3.36. The molecule has 5 heteroatoms. The molecule has 27 heavy (non-hydrogen) atoms. The number of nitrogens with one attached hydrogen (secondary N) is 1. The SMILES string of the molecule is COc1ccc(CCN2C(=O)CCC2CCNCc2cccc(F)c2)cc1. The molecule has 0 saturated carbocycles. The molecule has 1 fully saturated rings. The van der Waals surface area contributed by atoms with Gasteiger partial charge < -0.3 is 15.0 Å². The fourth-order valence-electron chi connectivity index (χ4n) is 3.59. The van der Waals surface area contributed by atoms with Gasteiger partial charge in [0.25, 0.3) is 0 Å². The first-order chi connectivity index (χ1) is 13.2. The average molecular weight is 370 g/mol. The number of methoxy groups -OCH3 is 1. The highest BCUT2D eigenvalue weighted by Gasteiger charge is 2.29. The maximum atomic E-state index is 13.2. The molecule has 4 nitrogen and oxygen atoms in total. The molecular weight excluding hydrogens is 343 g/mol. The van der Waals surface area contributed by atoms with Crippen molar-refractivity contribution in [3.8, 4) is 5.75 Å². The van der Waals surface area contributed by atoms with E-state index in [1.165, 1.54) is 11.6 Å². The first-order valence-electron chi connectivity index (χ1n) is 9.53. The van der Waals surface area contributed by atoms with E-state index in [0.29, 0.717) is 13.0 Å². The molecule has 3 rings (SSSR count). The number of amides is 1. The molecule has 0 aliphatic carbocycles. The van der Waals surface area contributed by atoms with Gasteiger partial charge in [0.15, 0.2) is 0 Å². The molecule has 0 aromatic heterocycles. The van der Waals surface area contributed by atoms with E-state index in [2.05, 4.69) is 17.4 Å². The summed E-state index contributed by atoms with van der Waals surface area (Å²) >= 11 is 0. The van der Waals surface area contributed by atoms with Crippen LogP contribution in [0.4, 0.5) is 4.39 Å². The Morgan fingerprint density at radius 3 is 2.74 bits per heavy atom. The first kappa shape index (κ1) is 19.4. The summed E-state index contributed by atoms with van der Waals surface area (Å²) in [5.41, 5.74) is 2.15. The van der Waals surface area contributed by atoms with Gasteiger partial charge in [-0.25, -0.2) is 4.39 Å². The number of halogens is 1. The van der Waals surface area contributed by atoms with Gasteiger partial charge in [0, 0.05) is 25.6 Å². The maximum Gasteiger partial charge on any atom is 0.222 e. The van der Waals surface area contributed by atoms with Crippen LogP contribution in [0, 0.1) is 5.82 Å². The van der Waals surface area contributed by atoms with Crippen LogP contribution in [-0.4, -0.2) is 37.0 Å². The Morgan fingerprint density at radius 2 is 2.00 bits per heavy atom. The molecule has 2 aromatic rings. The molecule has 1 amide bonds. The van der Waals surface area contributed by atoms with Crippen molar-refractivity contribution in [2.75, 3.05) is 20.2 Å². The minimum absolute atomic E-state index is 0.208. The zero-order valence-corrected chi connectivity index (χ0v) is 15.8. The minimum atomic E-state index is -0.208. The third-order valence-corrected chi connectivity index (χ3v) is 5.13. The number of nitrogens with zero attached hydrogens (tertiary/aromatic N) is 1. The smallest absolute Gasteiger partial charge is 0.222 e. The summed E-state index contributed by atoms with van der Waals surface area (Å²) < 4.78 is 18.4. The van der Waals surface area contributed by atoms with E-state index >= 15 is 0 Å². The van der Waals surface area contributed by atoms with E-state index in [1.807, 2.05) is 23.1 Å². The van der Waals surface area contributed by atoms with E-state index in [4.69, 9.17) is 4.74 Å². The van der Waals surface area contributed by atoms with Gasteiger partial charge in [0.1, 0.15) is 11.6 Å². The van der Waals surface area contributed by atoms with Gasteiger partial charge in [-0.2, -0.15) is 0 Å². The molecule has 1 heterocycles. The topological polar surface area (TPSA) is 41.6 Å². The molecule has 1 aliphatic heterocycles. The number of hydrogen-bond donors (Lipinski definition) is 1. The van der Waals surface area contributed by atoms with Gasteiger partial charge in [0.2, 0.25) is 5.91 Å². The second-order valence-corrected chi connectivity index (χ2v) is 6.97. The van der Waals surface area contributed by atoms with Crippen LogP contribution in [0.1, 0.15) is 30.4 Å². The zero-order valence-electron chi connectivity index (χ0n) is 15.8. The third kappa shape index (κ3) is 5.54. The Bertz CT molecular complexity index is 748. The Kier molecular flexibility index (Phi) is 6.82. The highest BCUT2D eigenvalue weighted by molar-refractivity contribution is 5.78. The quantitative estimate of drug-likeness (QED) is 0.687. The Hall–Kier alpha value is -2.40. The number of carbonyl (C=O) groups excluding carboxylic acids is 1. The highest BCUT2D eigenvalue weighted by atomic mass is 19.1. The van der Waals surface area contributed by atoms with Crippen molar-refractivity contribution in [2.45, 2.75) is 38.3 Å². The van der Waals surface area contributed by atoms with E-state index in [-0.39, 0.29) is 17.8 Å². The van der Waals surface area contributed by atoms with Gasteiger partial charge in [-0.15, -0.1) is 0 Å². The largest absolute Gasteiger partial charge is 0.497 e. The van der Waals surface area contributed by atoms with Crippen LogP contribution in [0.25, 0.3) is 0 Å². The van der Waals surface area contributed by atoms with Crippen LogP contribution in [0.15, 0.2) is 48.5 Å². The summed E-state index contributed by atoms with van der Waals surface area (Å²) in [6.07, 6.45) is 3.33. The first-order valence-corrected chi connectivity index (χ1v) is 9.53. The molecule has 1 atom stereocenters. The number of carbonyl (C=O) groups is 1.